The van der Waals surface area contributed by atoms with E-state index >= 15 is 0 Å². The van der Waals surface area contributed by atoms with Crippen LogP contribution < -0.4 is 5.32 Å². The maximum Gasteiger partial charge on any atom is 0.251 e. The second kappa shape index (κ2) is 8.26. The number of halogens is 1. The fraction of sp³-hybridized carbons (Fsp3) is 0.294. The Hall–Kier alpha value is -1.66. The van der Waals surface area contributed by atoms with Crippen molar-refractivity contribution in [3.8, 4) is 0 Å². The van der Waals surface area contributed by atoms with Crippen LogP contribution in [0.1, 0.15) is 29.3 Å². The van der Waals surface area contributed by atoms with E-state index in [2.05, 4.69) is 21.2 Å². The van der Waals surface area contributed by atoms with Crippen molar-refractivity contribution in [1.82, 2.24) is 10.2 Å². The summed E-state index contributed by atoms with van der Waals surface area (Å²) >= 11 is 5.02. The second-order valence-electron chi connectivity index (χ2n) is 5.45. The zero-order valence-corrected chi connectivity index (χ0v) is 15.5. The Bertz CT molecular complexity index is 672. The molecule has 1 heterocycles. The first-order valence-electron chi connectivity index (χ1n) is 7.28. The molecule has 0 fully saturated rings. The maximum absolute atomic E-state index is 12.2. The first kappa shape index (κ1) is 17.7. The Labute approximate surface area is 148 Å². The fourth-order valence-corrected chi connectivity index (χ4v) is 3.36. The van der Waals surface area contributed by atoms with Gasteiger partial charge in [0.2, 0.25) is 5.91 Å². The van der Waals surface area contributed by atoms with Crippen molar-refractivity contribution in [3.05, 3.63) is 56.7 Å². The third-order valence-electron chi connectivity index (χ3n) is 3.36. The number of carbonyl (C=O) groups is 2. The van der Waals surface area contributed by atoms with Crippen molar-refractivity contribution < 1.29 is 9.59 Å². The van der Waals surface area contributed by atoms with Gasteiger partial charge in [-0.2, -0.15) is 0 Å². The van der Waals surface area contributed by atoms with Gasteiger partial charge in [0.05, 0.1) is 3.79 Å². The van der Waals surface area contributed by atoms with Crippen LogP contribution in [0.5, 0.6) is 0 Å². The van der Waals surface area contributed by atoms with Gasteiger partial charge in [-0.15, -0.1) is 11.3 Å². The molecule has 0 radical (unpaired) electrons. The van der Waals surface area contributed by atoms with Crippen LogP contribution in [0.15, 0.2) is 45.6 Å². The quantitative estimate of drug-likeness (QED) is 0.811. The zero-order chi connectivity index (χ0) is 16.8. The molecule has 23 heavy (non-hydrogen) atoms. The van der Waals surface area contributed by atoms with E-state index in [9.17, 15) is 9.59 Å². The monoisotopic (exact) mass is 394 g/mol. The van der Waals surface area contributed by atoms with Crippen molar-refractivity contribution in [2.24, 2.45) is 0 Å². The summed E-state index contributed by atoms with van der Waals surface area (Å²) in [6.45, 7) is 2.41. The third kappa shape index (κ3) is 5.48. The molecule has 0 spiro atoms. The largest absolute Gasteiger partial charge is 0.349 e. The number of nitrogens with one attached hydrogen (secondary N) is 1. The average Bonchev–Trinajstić information content (AvgIpc) is 2.93. The summed E-state index contributed by atoms with van der Waals surface area (Å²) in [6, 6.07) is 10.8. The van der Waals surface area contributed by atoms with Crippen LogP contribution in [0.3, 0.4) is 0 Å². The molecule has 0 saturated carbocycles. The lowest BCUT2D eigenvalue weighted by atomic mass is 10.1. The highest BCUT2D eigenvalue weighted by molar-refractivity contribution is 9.11. The van der Waals surface area contributed by atoms with Gasteiger partial charge >= 0.3 is 0 Å². The van der Waals surface area contributed by atoms with Crippen molar-refractivity contribution >= 4 is 39.1 Å². The predicted molar refractivity (Wildman–Crippen MR) is 96.5 cm³/mol. The number of hydrogen-bond acceptors (Lipinski definition) is 3. The number of thiophene rings is 1. The molecule has 0 saturated heterocycles. The smallest absolute Gasteiger partial charge is 0.251 e. The molecular weight excluding hydrogens is 376 g/mol. The Kier molecular flexibility index (Phi) is 6.36. The number of hydrogen-bond donors (Lipinski definition) is 1. The van der Waals surface area contributed by atoms with E-state index in [0.717, 1.165) is 9.35 Å². The van der Waals surface area contributed by atoms with Gasteiger partial charge < -0.3 is 10.2 Å². The Morgan fingerprint density at radius 1 is 1.30 bits per heavy atom. The van der Waals surface area contributed by atoms with Gasteiger partial charge in [0.25, 0.3) is 5.91 Å². The summed E-state index contributed by atoms with van der Waals surface area (Å²) < 4.78 is 1.05. The number of nitrogens with zero attached hydrogens (tertiary/aromatic N) is 1. The van der Waals surface area contributed by atoms with Crippen LogP contribution in [0.2, 0.25) is 0 Å². The molecule has 4 nitrogen and oxygen atoms in total. The van der Waals surface area contributed by atoms with Crippen LogP contribution in [-0.2, 0) is 11.3 Å². The van der Waals surface area contributed by atoms with Gasteiger partial charge in [-0.3, -0.25) is 9.59 Å². The molecule has 122 valence electrons. The minimum atomic E-state index is -0.216. The molecular formula is C17H19BrN2O2S. The van der Waals surface area contributed by atoms with Crippen LogP contribution >= 0.6 is 27.3 Å². The zero-order valence-electron chi connectivity index (χ0n) is 13.1. The molecule has 2 aromatic rings. The lowest BCUT2D eigenvalue weighted by Crippen LogP contribution is -2.37. The van der Waals surface area contributed by atoms with Crippen LogP contribution in [0.25, 0.3) is 0 Å². The second-order valence-corrected chi connectivity index (χ2v) is 7.74. The molecule has 1 N–H and O–H groups in total. The van der Waals surface area contributed by atoms with E-state index in [1.807, 2.05) is 36.6 Å². The molecule has 1 aromatic heterocycles. The van der Waals surface area contributed by atoms with Crippen molar-refractivity contribution in [2.45, 2.75) is 25.9 Å². The molecule has 0 aliphatic carbocycles. The number of amides is 2. The summed E-state index contributed by atoms with van der Waals surface area (Å²) in [5.41, 5.74) is 1.70. The van der Waals surface area contributed by atoms with Gasteiger partial charge in [-0.25, -0.2) is 0 Å². The lowest BCUT2D eigenvalue weighted by molar-refractivity contribution is -0.130. The van der Waals surface area contributed by atoms with E-state index in [4.69, 9.17) is 0 Å². The predicted octanol–water partition coefficient (Wildman–Crippen LogP) is 3.68. The molecule has 2 amide bonds. The maximum atomic E-state index is 12.2. The summed E-state index contributed by atoms with van der Waals surface area (Å²) in [7, 11) is 1.78. The van der Waals surface area contributed by atoms with Gasteiger partial charge in [-0.1, -0.05) is 18.2 Å². The number of benzene rings is 1. The topological polar surface area (TPSA) is 49.4 Å². The highest BCUT2D eigenvalue weighted by atomic mass is 79.9. The van der Waals surface area contributed by atoms with Gasteiger partial charge in [0.1, 0.15) is 0 Å². The van der Waals surface area contributed by atoms with E-state index in [1.165, 1.54) is 0 Å². The van der Waals surface area contributed by atoms with Gasteiger partial charge in [0.15, 0.2) is 0 Å². The number of rotatable bonds is 6. The average molecular weight is 395 g/mol. The van der Waals surface area contributed by atoms with E-state index in [0.29, 0.717) is 12.1 Å². The highest BCUT2D eigenvalue weighted by Gasteiger charge is 2.16. The molecule has 1 aromatic carbocycles. The Balaban J connectivity index is 1.83. The highest BCUT2D eigenvalue weighted by Crippen LogP contribution is 2.21. The lowest BCUT2D eigenvalue weighted by Gasteiger charge is -2.20. The summed E-state index contributed by atoms with van der Waals surface area (Å²) in [5, 5.41) is 4.88. The first-order chi connectivity index (χ1) is 11.0. The summed E-state index contributed by atoms with van der Waals surface area (Å²) in [4.78, 5) is 26.0. The minimum Gasteiger partial charge on any atom is -0.349 e. The van der Waals surface area contributed by atoms with E-state index in [-0.39, 0.29) is 24.3 Å². The first-order valence-corrected chi connectivity index (χ1v) is 8.95. The Morgan fingerprint density at radius 2 is 2.00 bits per heavy atom. The van der Waals surface area contributed by atoms with Crippen LogP contribution in [0, 0.1) is 0 Å². The standard InChI is InChI=1S/C17H19BrN2O2S/c1-12(19-17(22)14-6-4-3-5-7-14)8-16(21)20(2)10-13-9-15(18)23-11-13/h3-7,9,11-12H,8,10H2,1-2H3,(H,19,22). The minimum absolute atomic E-state index is 0.00758. The van der Waals surface area contributed by atoms with Gasteiger partial charge in [-0.05, 0) is 52.0 Å². The molecule has 6 heteroatoms. The van der Waals surface area contributed by atoms with E-state index in [1.54, 1.807) is 35.4 Å². The van der Waals surface area contributed by atoms with Gasteiger partial charge in [0, 0.05) is 31.6 Å². The normalized spacial score (nSPS) is 11.8. The molecule has 1 unspecified atom stereocenters. The number of carbonyl (C=O) groups excluding carboxylic acids is 2. The van der Waals surface area contributed by atoms with Crippen molar-refractivity contribution in [3.63, 3.8) is 0 Å². The van der Waals surface area contributed by atoms with Crippen LogP contribution in [0.4, 0.5) is 0 Å². The van der Waals surface area contributed by atoms with Crippen molar-refractivity contribution in [2.75, 3.05) is 7.05 Å². The molecule has 2 rings (SSSR count). The SMILES string of the molecule is CC(CC(=O)N(C)Cc1csc(Br)c1)NC(=O)c1ccccc1. The summed E-state index contributed by atoms with van der Waals surface area (Å²) in [5.74, 6) is -0.150. The third-order valence-corrected chi connectivity index (χ3v) is 4.91. The Morgan fingerprint density at radius 3 is 2.61 bits per heavy atom. The molecule has 0 aliphatic heterocycles. The molecule has 1 atom stereocenters. The van der Waals surface area contributed by atoms with Crippen molar-refractivity contribution in [1.29, 1.82) is 0 Å². The molecule has 0 bridgehead atoms. The molecule has 0 aliphatic rings. The van der Waals surface area contributed by atoms with E-state index < -0.39 is 0 Å². The summed E-state index contributed by atoms with van der Waals surface area (Å²) in [6.07, 6.45) is 0.278. The fourth-order valence-electron chi connectivity index (χ4n) is 2.16. The van der Waals surface area contributed by atoms with Crippen LogP contribution in [-0.4, -0.2) is 29.8 Å².